The van der Waals surface area contributed by atoms with E-state index in [-0.39, 0.29) is 40.1 Å². The number of carbonyl (C=O) groups excluding carboxylic acids is 2. The maximum Gasteiger partial charge on any atom is 2.00 e. The van der Waals surface area contributed by atoms with Crippen molar-refractivity contribution >= 4 is 39.2 Å². The minimum absolute atomic E-state index is 0. The van der Waals surface area contributed by atoms with Crippen LogP contribution in [-0.2, 0) is 9.59 Å². The van der Waals surface area contributed by atoms with Crippen LogP contribution < -0.4 is 10.2 Å². The fourth-order valence-electron chi connectivity index (χ4n) is 3.97. The van der Waals surface area contributed by atoms with Crippen molar-refractivity contribution in [3.8, 4) is 0 Å². The maximum atomic E-state index is 10.2. The van der Waals surface area contributed by atoms with Gasteiger partial charge in [-0.05, 0) is 77.0 Å². The van der Waals surface area contributed by atoms with Gasteiger partial charge < -0.3 is 19.8 Å². The van der Waals surface area contributed by atoms with Gasteiger partial charge in [0.15, 0.2) is 0 Å². The number of carboxylic acids is 2. The van der Waals surface area contributed by atoms with Gasteiger partial charge in [0.05, 0.1) is 0 Å². The Kier molecular flexibility index (Phi) is 41.4. The van der Waals surface area contributed by atoms with Crippen molar-refractivity contribution in [3.05, 3.63) is 24.3 Å². The van der Waals surface area contributed by atoms with Crippen LogP contribution in [0.4, 0.5) is 0 Å². The SMILES string of the molecule is CCCCCCC=CCCCCCCCC(=O)[O-].CCCCCCC=CCCCCCCCC(=O)[O-].[Pb+2]. The molecule has 214 valence electrons. The molecule has 0 aliphatic rings. The molecule has 0 fully saturated rings. The molecule has 0 aliphatic carbocycles. The number of allylic oxidation sites excluding steroid dienone is 4. The van der Waals surface area contributed by atoms with Gasteiger partial charge in [0.1, 0.15) is 0 Å². The molecule has 0 rings (SSSR count). The predicted molar refractivity (Wildman–Crippen MR) is 156 cm³/mol. The van der Waals surface area contributed by atoms with Crippen molar-refractivity contribution in [2.24, 2.45) is 0 Å². The molecule has 0 atom stereocenters. The van der Waals surface area contributed by atoms with Crippen LogP contribution in [-0.4, -0.2) is 39.2 Å². The molecule has 0 aromatic heterocycles. The van der Waals surface area contributed by atoms with Crippen molar-refractivity contribution in [2.45, 2.75) is 168 Å². The summed E-state index contributed by atoms with van der Waals surface area (Å²) in [5.74, 6) is -1.83. The second kappa shape index (κ2) is 37.5. The van der Waals surface area contributed by atoms with E-state index in [1.807, 2.05) is 0 Å². The Morgan fingerprint density at radius 3 is 0.946 bits per heavy atom. The summed E-state index contributed by atoms with van der Waals surface area (Å²) in [6, 6.07) is 0. The molecule has 0 amide bonds. The minimum atomic E-state index is -0.916. The zero-order chi connectivity index (χ0) is 27.0. The van der Waals surface area contributed by atoms with E-state index >= 15 is 0 Å². The van der Waals surface area contributed by atoms with Crippen LogP contribution in [0.1, 0.15) is 168 Å². The summed E-state index contributed by atoms with van der Waals surface area (Å²) in [5.41, 5.74) is 0. The quantitative estimate of drug-likeness (QED) is 0.0526. The van der Waals surface area contributed by atoms with Gasteiger partial charge in [-0.25, -0.2) is 0 Å². The predicted octanol–water partition coefficient (Wildman–Crippen LogP) is 7.61. The first-order valence-electron chi connectivity index (χ1n) is 15.2. The largest absolute Gasteiger partial charge is 2.00 e. The van der Waals surface area contributed by atoms with Crippen molar-refractivity contribution in [1.29, 1.82) is 0 Å². The molecule has 37 heavy (non-hydrogen) atoms. The molecule has 4 nitrogen and oxygen atoms in total. The van der Waals surface area contributed by atoms with Crippen LogP contribution in [0.2, 0.25) is 0 Å². The smallest absolute Gasteiger partial charge is 0.550 e. The van der Waals surface area contributed by atoms with Crippen molar-refractivity contribution < 1.29 is 19.8 Å². The van der Waals surface area contributed by atoms with Gasteiger partial charge in [-0.3, -0.25) is 0 Å². The first kappa shape index (κ1) is 40.8. The molecule has 5 heteroatoms. The van der Waals surface area contributed by atoms with E-state index in [1.165, 1.54) is 103 Å². The molecule has 0 saturated carbocycles. The standard InChI is InChI=1S/2C16H30O2.Pb/c2*1-2-3-4-5-6-7-8-9-10-11-12-13-14-15-16(17)18;/h2*7-8H,2-6,9-15H2,1H3,(H,17,18);/q;;+2/p-2. The molecular weight excluding hydrogens is 656 g/mol. The van der Waals surface area contributed by atoms with Crippen LogP contribution >= 0.6 is 0 Å². The fraction of sp³-hybridized carbons (Fsp3) is 0.812. The van der Waals surface area contributed by atoms with Gasteiger partial charge in [0.2, 0.25) is 0 Å². The third kappa shape index (κ3) is 45.6. The van der Waals surface area contributed by atoms with Crippen LogP contribution in [0.3, 0.4) is 0 Å². The van der Waals surface area contributed by atoms with E-state index in [1.54, 1.807) is 0 Å². The molecule has 0 spiro atoms. The van der Waals surface area contributed by atoms with Crippen LogP contribution in [0.5, 0.6) is 0 Å². The summed E-state index contributed by atoms with van der Waals surface area (Å²) in [6.07, 6.45) is 36.0. The molecule has 0 N–H and O–H groups in total. The summed E-state index contributed by atoms with van der Waals surface area (Å²) in [4.78, 5) is 20.4. The number of rotatable bonds is 26. The number of hydrogen-bond donors (Lipinski definition) is 0. The Morgan fingerprint density at radius 1 is 0.432 bits per heavy atom. The van der Waals surface area contributed by atoms with Crippen LogP contribution in [0.25, 0.3) is 0 Å². The molecule has 0 aromatic rings. The molecule has 0 unspecified atom stereocenters. The van der Waals surface area contributed by atoms with Crippen LogP contribution in [0, 0.1) is 0 Å². The fourth-order valence-corrected chi connectivity index (χ4v) is 3.97. The summed E-state index contributed by atoms with van der Waals surface area (Å²) in [5, 5.41) is 20.4. The third-order valence-corrected chi connectivity index (χ3v) is 6.29. The van der Waals surface area contributed by atoms with E-state index in [2.05, 4.69) is 38.2 Å². The molecule has 0 aromatic carbocycles. The van der Waals surface area contributed by atoms with Gasteiger partial charge in [-0.2, -0.15) is 0 Å². The van der Waals surface area contributed by atoms with E-state index in [4.69, 9.17) is 0 Å². The summed E-state index contributed by atoms with van der Waals surface area (Å²) < 4.78 is 0. The zero-order valence-electron chi connectivity index (χ0n) is 24.4. The van der Waals surface area contributed by atoms with Gasteiger partial charge in [0.25, 0.3) is 0 Å². The van der Waals surface area contributed by atoms with E-state index in [9.17, 15) is 19.8 Å². The average Bonchev–Trinajstić information content (AvgIpc) is 2.85. The number of hydrogen-bond acceptors (Lipinski definition) is 4. The number of carbonyl (C=O) groups is 2. The third-order valence-electron chi connectivity index (χ3n) is 6.29. The van der Waals surface area contributed by atoms with Crippen molar-refractivity contribution in [1.82, 2.24) is 0 Å². The number of carboxylic acid groups (broad SMARTS) is 2. The Morgan fingerprint density at radius 2 is 0.676 bits per heavy atom. The van der Waals surface area contributed by atoms with Gasteiger partial charge in [-0.15, -0.1) is 0 Å². The van der Waals surface area contributed by atoms with E-state index in [0.29, 0.717) is 0 Å². The first-order valence-corrected chi connectivity index (χ1v) is 15.2. The van der Waals surface area contributed by atoms with Gasteiger partial charge in [0, 0.05) is 11.9 Å². The maximum absolute atomic E-state index is 10.2. The van der Waals surface area contributed by atoms with Gasteiger partial charge >= 0.3 is 27.3 Å². The second-order valence-electron chi connectivity index (χ2n) is 10.00. The first-order chi connectivity index (χ1) is 17.5. The van der Waals surface area contributed by atoms with Crippen molar-refractivity contribution in [2.75, 3.05) is 0 Å². The monoisotopic (exact) mass is 714 g/mol. The topological polar surface area (TPSA) is 80.3 Å². The molecule has 0 bridgehead atoms. The summed E-state index contributed by atoms with van der Waals surface area (Å²) in [6.45, 7) is 4.48. The van der Waals surface area contributed by atoms with E-state index in [0.717, 1.165) is 38.5 Å². The van der Waals surface area contributed by atoms with Crippen molar-refractivity contribution in [3.63, 3.8) is 0 Å². The summed E-state index contributed by atoms with van der Waals surface area (Å²) >= 11 is 0. The molecule has 0 heterocycles. The van der Waals surface area contributed by atoms with Crippen LogP contribution in [0.15, 0.2) is 24.3 Å². The zero-order valence-corrected chi connectivity index (χ0v) is 28.3. The Hall–Kier alpha value is -0.658. The summed E-state index contributed by atoms with van der Waals surface area (Å²) in [7, 11) is 0. The normalized spacial score (nSPS) is 10.9. The molecule has 0 saturated heterocycles. The van der Waals surface area contributed by atoms with E-state index < -0.39 is 11.9 Å². The number of unbranched alkanes of at least 4 members (excludes halogenated alkanes) is 18. The Bertz CT molecular complexity index is 471. The molecule has 0 aliphatic heterocycles. The Balaban J connectivity index is -0.000000608. The molecular formula is C32H58O4Pb. The Labute approximate surface area is 250 Å². The second-order valence-corrected chi connectivity index (χ2v) is 10.00. The van der Waals surface area contributed by atoms with Gasteiger partial charge in [-0.1, -0.05) is 115 Å². The average molecular weight is 714 g/mol. The minimum Gasteiger partial charge on any atom is -0.550 e. The molecule has 2 radical (unpaired) electrons. The number of aliphatic carboxylic acids is 2.